The van der Waals surface area contributed by atoms with Crippen LogP contribution in [0.3, 0.4) is 0 Å². The van der Waals surface area contributed by atoms with E-state index in [1.54, 1.807) is 5.57 Å². The average molecular weight is 505 g/mol. The first kappa shape index (κ1) is 33.7. The highest BCUT2D eigenvalue weighted by Crippen LogP contribution is 2.36. The first-order chi connectivity index (χ1) is 17.4. The number of nitrogens with one attached hydrogen (secondary N) is 1. The van der Waals surface area contributed by atoms with Crippen LogP contribution in [-0.2, 0) is 0 Å². The van der Waals surface area contributed by atoms with Gasteiger partial charge in [-0.25, -0.2) is 0 Å². The summed E-state index contributed by atoms with van der Waals surface area (Å²) in [6.07, 6.45) is 30.6. The molecule has 2 unspecified atom stereocenters. The van der Waals surface area contributed by atoms with Gasteiger partial charge in [-0.15, -0.1) is 0 Å². The van der Waals surface area contributed by atoms with Crippen molar-refractivity contribution in [2.45, 2.75) is 169 Å². The zero-order valence-corrected chi connectivity index (χ0v) is 25.9. The van der Waals surface area contributed by atoms with Gasteiger partial charge in [-0.05, 0) is 83.3 Å². The van der Waals surface area contributed by atoms with Crippen LogP contribution in [0.5, 0.6) is 0 Å². The normalized spacial score (nSPS) is 15.5. The van der Waals surface area contributed by atoms with Crippen LogP contribution in [0, 0.1) is 11.3 Å². The summed E-state index contributed by atoms with van der Waals surface area (Å²) in [5.41, 5.74) is 2.22. The smallest absolute Gasteiger partial charge is 0.0192 e. The molecule has 36 heavy (non-hydrogen) atoms. The molecule has 2 atom stereocenters. The standard InChI is InChI=1S/C34H68N2/c1-7-8-9-10-13-18-23-31(2)34(4,5)27-20-15-17-22-29-36(32(3)30-35-6)28-21-16-12-11-14-19-24-33-25-26-33/h24,31-32,35H,7-23,25-30H2,1-6H3. The van der Waals surface area contributed by atoms with Crippen LogP contribution in [0.2, 0.25) is 0 Å². The molecule has 1 aliphatic rings. The highest BCUT2D eigenvalue weighted by Gasteiger charge is 2.24. The lowest BCUT2D eigenvalue weighted by molar-refractivity contribution is 0.185. The van der Waals surface area contributed by atoms with Crippen molar-refractivity contribution in [1.29, 1.82) is 0 Å². The Morgan fingerprint density at radius 3 is 1.94 bits per heavy atom. The molecule has 0 aromatic carbocycles. The van der Waals surface area contributed by atoms with E-state index in [1.807, 2.05) is 0 Å². The molecule has 0 saturated heterocycles. The number of unbranched alkanes of at least 4 members (excludes halogenated alkanes) is 13. The summed E-state index contributed by atoms with van der Waals surface area (Å²) < 4.78 is 0. The third-order valence-electron chi connectivity index (χ3n) is 9.09. The van der Waals surface area contributed by atoms with Gasteiger partial charge in [-0.3, -0.25) is 4.90 Å². The molecule has 1 aliphatic carbocycles. The largest absolute Gasteiger partial charge is 0.318 e. The van der Waals surface area contributed by atoms with Crippen LogP contribution in [0.1, 0.15) is 163 Å². The molecule has 0 aromatic rings. The molecular formula is C34H68N2. The predicted octanol–water partition coefficient (Wildman–Crippen LogP) is 10.3. The van der Waals surface area contributed by atoms with Gasteiger partial charge in [0.25, 0.3) is 0 Å². The number of nitrogens with zero attached hydrogens (tertiary/aromatic N) is 1. The molecule has 0 spiro atoms. The van der Waals surface area contributed by atoms with Gasteiger partial charge < -0.3 is 5.32 Å². The van der Waals surface area contributed by atoms with E-state index in [2.05, 4.69) is 58.0 Å². The van der Waals surface area contributed by atoms with Crippen molar-refractivity contribution in [3.63, 3.8) is 0 Å². The fraction of sp³-hybridized carbons (Fsp3) is 0.941. The van der Waals surface area contributed by atoms with Crippen molar-refractivity contribution in [1.82, 2.24) is 10.2 Å². The van der Waals surface area contributed by atoms with Crippen LogP contribution in [0.15, 0.2) is 11.6 Å². The number of hydrogen-bond acceptors (Lipinski definition) is 2. The fourth-order valence-corrected chi connectivity index (χ4v) is 5.67. The Labute approximate surface area is 228 Å². The minimum atomic E-state index is 0.505. The maximum absolute atomic E-state index is 3.40. The Morgan fingerprint density at radius 2 is 1.33 bits per heavy atom. The van der Waals surface area contributed by atoms with Crippen molar-refractivity contribution >= 4 is 0 Å². The van der Waals surface area contributed by atoms with Gasteiger partial charge in [0.1, 0.15) is 0 Å². The molecule has 0 amide bonds. The summed E-state index contributed by atoms with van der Waals surface area (Å²) in [5.74, 6) is 0.858. The van der Waals surface area contributed by atoms with Crippen LogP contribution in [0.25, 0.3) is 0 Å². The van der Waals surface area contributed by atoms with E-state index in [1.165, 1.54) is 142 Å². The van der Waals surface area contributed by atoms with Gasteiger partial charge >= 0.3 is 0 Å². The third-order valence-corrected chi connectivity index (χ3v) is 9.09. The lowest BCUT2D eigenvalue weighted by Crippen LogP contribution is -2.40. The molecule has 1 saturated carbocycles. The Kier molecular flexibility index (Phi) is 20.2. The Morgan fingerprint density at radius 1 is 0.778 bits per heavy atom. The maximum Gasteiger partial charge on any atom is 0.0192 e. The summed E-state index contributed by atoms with van der Waals surface area (Å²) >= 11 is 0. The second-order valence-electron chi connectivity index (χ2n) is 13.0. The van der Waals surface area contributed by atoms with Crippen molar-refractivity contribution in [2.24, 2.45) is 11.3 Å². The maximum atomic E-state index is 3.40. The van der Waals surface area contributed by atoms with E-state index in [0.717, 1.165) is 12.5 Å². The van der Waals surface area contributed by atoms with E-state index in [4.69, 9.17) is 0 Å². The summed E-state index contributed by atoms with van der Waals surface area (Å²) in [5, 5.41) is 3.40. The monoisotopic (exact) mass is 505 g/mol. The van der Waals surface area contributed by atoms with E-state index in [0.29, 0.717) is 11.5 Å². The fourth-order valence-electron chi connectivity index (χ4n) is 5.67. The zero-order chi connectivity index (χ0) is 26.5. The zero-order valence-electron chi connectivity index (χ0n) is 25.9. The molecule has 2 nitrogen and oxygen atoms in total. The van der Waals surface area contributed by atoms with E-state index in [-0.39, 0.29) is 0 Å². The molecule has 0 radical (unpaired) electrons. The molecule has 214 valence electrons. The summed E-state index contributed by atoms with van der Waals surface area (Å²) in [7, 11) is 2.10. The third kappa shape index (κ3) is 18.0. The minimum Gasteiger partial charge on any atom is -0.318 e. The second kappa shape index (κ2) is 21.6. The van der Waals surface area contributed by atoms with E-state index in [9.17, 15) is 0 Å². The first-order valence-electron chi connectivity index (χ1n) is 16.5. The molecule has 0 heterocycles. The Bertz CT molecular complexity index is 517. The minimum absolute atomic E-state index is 0.505. The van der Waals surface area contributed by atoms with Gasteiger partial charge in [0.15, 0.2) is 0 Å². The average Bonchev–Trinajstić information content (AvgIpc) is 3.68. The highest BCUT2D eigenvalue weighted by atomic mass is 15.2. The number of allylic oxidation sites excluding steroid dienone is 2. The molecule has 1 N–H and O–H groups in total. The highest BCUT2D eigenvalue weighted by molar-refractivity contribution is 5.15. The Balaban J connectivity index is 2.12. The lowest BCUT2D eigenvalue weighted by Gasteiger charge is -2.32. The summed E-state index contributed by atoms with van der Waals surface area (Å²) in [4.78, 5) is 2.76. The van der Waals surface area contributed by atoms with Crippen LogP contribution in [-0.4, -0.2) is 37.6 Å². The lowest BCUT2D eigenvalue weighted by atomic mass is 9.74. The molecular weight excluding hydrogens is 436 g/mol. The number of likely N-dealkylation sites (N-methyl/N-ethyl adjacent to an activating group) is 1. The van der Waals surface area contributed by atoms with Crippen molar-refractivity contribution in [2.75, 3.05) is 26.7 Å². The van der Waals surface area contributed by atoms with Gasteiger partial charge in [0.2, 0.25) is 0 Å². The van der Waals surface area contributed by atoms with Gasteiger partial charge in [-0.1, -0.05) is 123 Å². The van der Waals surface area contributed by atoms with E-state index >= 15 is 0 Å². The van der Waals surface area contributed by atoms with Crippen LogP contribution in [0.4, 0.5) is 0 Å². The molecule has 0 aliphatic heterocycles. The Hall–Kier alpha value is -0.340. The summed E-state index contributed by atoms with van der Waals surface area (Å²) in [6, 6.07) is 0.655. The second-order valence-corrected chi connectivity index (χ2v) is 13.0. The first-order valence-corrected chi connectivity index (χ1v) is 16.5. The number of hydrogen-bond donors (Lipinski definition) is 1. The molecule has 2 heteroatoms. The van der Waals surface area contributed by atoms with Gasteiger partial charge in [-0.2, -0.15) is 0 Å². The quantitative estimate of drug-likeness (QED) is 0.0930. The molecule has 1 rings (SSSR count). The predicted molar refractivity (Wildman–Crippen MR) is 164 cm³/mol. The van der Waals surface area contributed by atoms with Crippen LogP contribution < -0.4 is 5.32 Å². The van der Waals surface area contributed by atoms with Crippen LogP contribution >= 0.6 is 0 Å². The number of rotatable bonds is 26. The van der Waals surface area contributed by atoms with Crippen molar-refractivity contribution < 1.29 is 0 Å². The topological polar surface area (TPSA) is 15.3 Å². The van der Waals surface area contributed by atoms with Gasteiger partial charge in [0.05, 0.1) is 0 Å². The van der Waals surface area contributed by atoms with Crippen molar-refractivity contribution in [3.8, 4) is 0 Å². The molecule has 1 fully saturated rings. The van der Waals surface area contributed by atoms with E-state index < -0.39 is 0 Å². The summed E-state index contributed by atoms with van der Waals surface area (Å²) in [6.45, 7) is 16.0. The molecule has 0 aromatic heterocycles. The van der Waals surface area contributed by atoms with Gasteiger partial charge in [0, 0.05) is 12.6 Å². The molecule has 0 bridgehead atoms. The SMILES string of the molecule is CCCCCCCCC(C)C(C)(C)CCCCCCN(CCCCCCCC=C1CC1)C(C)CNC. The van der Waals surface area contributed by atoms with Crippen molar-refractivity contribution in [3.05, 3.63) is 11.6 Å².